The number of halogens is 3. The van der Waals surface area contributed by atoms with E-state index < -0.39 is 6.10 Å². The van der Waals surface area contributed by atoms with E-state index in [1.807, 2.05) is 28.7 Å². The maximum absolute atomic E-state index is 13.7. The molecule has 112 valence electrons. The number of aromatic nitrogens is 2. The van der Waals surface area contributed by atoms with Gasteiger partial charge in [0.25, 0.3) is 0 Å². The first kappa shape index (κ1) is 14.2. The van der Waals surface area contributed by atoms with Crippen molar-refractivity contribution in [2.75, 3.05) is 0 Å². The van der Waals surface area contributed by atoms with Gasteiger partial charge < -0.3 is 9.51 Å². The zero-order valence-electron chi connectivity index (χ0n) is 11.3. The molecule has 22 heavy (non-hydrogen) atoms. The molecule has 4 rings (SSSR count). The number of rotatable bonds is 1. The molecular weight excluding hydrogens is 371 g/mol. The maximum atomic E-state index is 13.7. The quantitative estimate of drug-likeness (QED) is 0.676. The van der Waals surface area contributed by atoms with Crippen LogP contribution in [0.25, 0.3) is 5.65 Å². The van der Waals surface area contributed by atoms with Gasteiger partial charge >= 0.3 is 0 Å². The van der Waals surface area contributed by atoms with Crippen molar-refractivity contribution in [2.45, 2.75) is 18.4 Å². The molecule has 6 heteroatoms. The van der Waals surface area contributed by atoms with E-state index in [1.165, 1.54) is 6.07 Å². The van der Waals surface area contributed by atoms with Crippen molar-refractivity contribution in [1.29, 1.82) is 0 Å². The third-order valence-electron chi connectivity index (χ3n) is 4.12. The molecule has 3 aromatic rings. The lowest BCUT2D eigenvalue weighted by atomic mass is 9.96. The van der Waals surface area contributed by atoms with Crippen LogP contribution in [0.2, 0.25) is 5.02 Å². The molecule has 3 nitrogen and oxygen atoms in total. The maximum Gasteiger partial charge on any atom is 0.142 e. The second-order valence-electron chi connectivity index (χ2n) is 5.41. The van der Waals surface area contributed by atoms with Gasteiger partial charge in [0.1, 0.15) is 11.5 Å². The zero-order valence-corrected chi connectivity index (χ0v) is 13.6. The summed E-state index contributed by atoms with van der Waals surface area (Å²) < 4.78 is 15.9. The molecule has 1 aliphatic carbocycles. The molecule has 0 radical (unpaired) electrons. The summed E-state index contributed by atoms with van der Waals surface area (Å²) in [6.07, 6.45) is 1.51. The van der Waals surface area contributed by atoms with Crippen molar-refractivity contribution in [2.24, 2.45) is 0 Å². The molecule has 0 saturated carbocycles. The molecule has 0 bridgehead atoms. The van der Waals surface area contributed by atoms with E-state index in [-0.39, 0.29) is 11.7 Å². The molecule has 1 aromatic carbocycles. The van der Waals surface area contributed by atoms with E-state index in [4.69, 9.17) is 11.6 Å². The summed E-state index contributed by atoms with van der Waals surface area (Å²) in [5, 5.41) is 11.0. The number of pyridine rings is 1. The molecule has 1 unspecified atom stereocenters. The molecule has 0 spiro atoms. The molecule has 2 aromatic heterocycles. The van der Waals surface area contributed by atoms with E-state index in [0.29, 0.717) is 27.3 Å². The predicted molar refractivity (Wildman–Crippen MR) is 85.7 cm³/mol. The summed E-state index contributed by atoms with van der Waals surface area (Å²) in [5.41, 5.74) is 2.91. The number of benzene rings is 1. The number of hydrogen-bond acceptors (Lipinski definition) is 2. The Kier molecular flexibility index (Phi) is 3.25. The normalized spacial score (nSPS) is 20.5. The predicted octanol–water partition coefficient (Wildman–Crippen LogP) is 4.46. The molecule has 0 amide bonds. The van der Waals surface area contributed by atoms with Crippen LogP contribution < -0.4 is 0 Å². The van der Waals surface area contributed by atoms with Crippen molar-refractivity contribution >= 4 is 33.2 Å². The van der Waals surface area contributed by atoms with Gasteiger partial charge in [0.05, 0.1) is 22.0 Å². The molecule has 2 heterocycles. The Bertz CT molecular complexity index is 895. The third kappa shape index (κ3) is 2.00. The first-order valence-corrected chi connectivity index (χ1v) is 8.02. The van der Waals surface area contributed by atoms with Crippen LogP contribution in [0.5, 0.6) is 0 Å². The van der Waals surface area contributed by atoms with Gasteiger partial charge in [-0.05, 0) is 34.0 Å². The molecule has 0 saturated heterocycles. The van der Waals surface area contributed by atoms with Gasteiger partial charge in [-0.15, -0.1) is 0 Å². The van der Waals surface area contributed by atoms with Crippen LogP contribution in [0, 0.1) is 5.82 Å². The lowest BCUT2D eigenvalue weighted by molar-refractivity contribution is 0.172. The van der Waals surface area contributed by atoms with E-state index in [1.54, 1.807) is 6.20 Å². The standard InChI is InChI=1S/C16H11BrClFN2O/c17-10-7-21-14(6-12(10)19)20-15-13(22)5-9(16(15)21)8-3-1-2-4-11(8)18/h1-4,6-7,9,13,22H,5H2/t9-,13?/m1/s1. The summed E-state index contributed by atoms with van der Waals surface area (Å²) in [6.45, 7) is 0. The minimum atomic E-state index is -0.669. The number of hydrogen-bond donors (Lipinski definition) is 1. The fourth-order valence-electron chi connectivity index (χ4n) is 3.15. The highest BCUT2D eigenvalue weighted by molar-refractivity contribution is 9.10. The molecule has 0 fully saturated rings. The second-order valence-corrected chi connectivity index (χ2v) is 6.67. The summed E-state index contributed by atoms with van der Waals surface area (Å²) in [6, 6.07) is 8.94. The van der Waals surface area contributed by atoms with E-state index in [0.717, 1.165) is 11.3 Å². The lowest BCUT2D eigenvalue weighted by Crippen LogP contribution is -2.03. The third-order valence-corrected chi connectivity index (χ3v) is 5.04. The van der Waals surface area contributed by atoms with Gasteiger partial charge in [-0.25, -0.2) is 9.37 Å². The monoisotopic (exact) mass is 380 g/mol. The first-order valence-electron chi connectivity index (χ1n) is 6.85. The van der Waals surface area contributed by atoms with Crippen LogP contribution in [-0.4, -0.2) is 14.5 Å². The molecule has 0 aliphatic heterocycles. The molecular formula is C16H11BrClFN2O. The van der Waals surface area contributed by atoms with Gasteiger partial charge in [0, 0.05) is 23.2 Å². The number of aliphatic hydroxyl groups is 1. The van der Waals surface area contributed by atoms with Gasteiger partial charge in [-0.3, -0.25) is 0 Å². The van der Waals surface area contributed by atoms with Crippen molar-refractivity contribution in [3.63, 3.8) is 0 Å². The van der Waals surface area contributed by atoms with Gasteiger partial charge in [0.2, 0.25) is 0 Å². The van der Waals surface area contributed by atoms with Crippen LogP contribution in [-0.2, 0) is 0 Å². The fourth-order valence-corrected chi connectivity index (χ4v) is 3.73. The molecule has 2 atom stereocenters. The summed E-state index contributed by atoms with van der Waals surface area (Å²) in [5.74, 6) is -0.439. The fraction of sp³-hybridized carbons (Fsp3) is 0.188. The van der Waals surface area contributed by atoms with Crippen LogP contribution in [0.4, 0.5) is 4.39 Å². The Balaban J connectivity index is 1.98. The highest BCUT2D eigenvalue weighted by Crippen LogP contribution is 2.46. The Morgan fingerprint density at radius 1 is 1.36 bits per heavy atom. The lowest BCUT2D eigenvalue weighted by Gasteiger charge is -2.14. The number of aliphatic hydroxyl groups excluding tert-OH is 1. The van der Waals surface area contributed by atoms with E-state index >= 15 is 0 Å². The topological polar surface area (TPSA) is 37.5 Å². The van der Waals surface area contributed by atoms with Gasteiger partial charge in [-0.2, -0.15) is 0 Å². The van der Waals surface area contributed by atoms with Gasteiger partial charge in [0.15, 0.2) is 0 Å². The Morgan fingerprint density at radius 3 is 2.91 bits per heavy atom. The van der Waals surface area contributed by atoms with Crippen LogP contribution in [0.1, 0.15) is 35.4 Å². The minimum absolute atomic E-state index is 0.0638. The summed E-state index contributed by atoms with van der Waals surface area (Å²) in [7, 11) is 0. The van der Waals surface area contributed by atoms with Crippen LogP contribution >= 0.6 is 27.5 Å². The molecule has 1 aliphatic rings. The Labute approximate surface area is 139 Å². The highest BCUT2D eigenvalue weighted by Gasteiger charge is 2.36. The zero-order chi connectivity index (χ0) is 15.4. The van der Waals surface area contributed by atoms with Crippen molar-refractivity contribution in [3.8, 4) is 0 Å². The van der Waals surface area contributed by atoms with Crippen LogP contribution in [0.3, 0.4) is 0 Å². The average molecular weight is 382 g/mol. The van der Waals surface area contributed by atoms with Crippen molar-refractivity contribution in [3.05, 3.63) is 68.8 Å². The Hall–Kier alpha value is -1.43. The first-order chi connectivity index (χ1) is 10.6. The van der Waals surface area contributed by atoms with E-state index in [2.05, 4.69) is 20.9 Å². The number of fused-ring (bicyclic) bond motifs is 3. The number of imidazole rings is 1. The number of nitrogens with zero attached hydrogens (tertiary/aromatic N) is 2. The van der Waals surface area contributed by atoms with Crippen LogP contribution in [0.15, 0.2) is 41.0 Å². The minimum Gasteiger partial charge on any atom is -0.387 e. The van der Waals surface area contributed by atoms with E-state index in [9.17, 15) is 9.50 Å². The van der Waals surface area contributed by atoms with Crippen molar-refractivity contribution < 1.29 is 9.50 Å². The summed E-state index contributed by atoms with van der Waals surface area (Å²) in [4.78, 5) is 4.39. The average Bonchev–Trinajstić information content (AvgIpc) is 2.99. The largest absolute Gasteiger partial charge is 0.387 e. The van der Waals surface area contributed by atoms with Crippen molar-refractivity contribution in [1.82, 2.24) is 9.38 Å². The SMILES string of the molecule is OC1C[C@H](c2ccccc2Cl)c2c1nc1cc(F)c(Br)cn21. The smallest absolute Gasteiger partial charge is 0.142 e. The van der Waals surface area contributed by atoms with Gasteiger partial charge in [-0.1, -0.05) is 29.8 Å². The Morgan fingerprint density at radius 2 is 2.14 bits per heavy atom. The second kappa shape index (κ2) is 5.05. The highest BCUT2D eigenvalue weighted by atomic mass is 79.9. The molecule has 1 N–H and O–H groups in total. The summed E-state index contributed by atoms with van der Waals surface area (Å²) >= 11 is 9.52.